The Kier molecular flexibility index (Phi) is 3.91. The van der Waals surface area contributed by atoms with Crippen molar-refractivity contribution in [2.45, 2.75) is 48.5 Å². The predicted molar refractivity (Wildman–Crippen MR) is 106 cm³/mol. The fourth-order valence-corrected chi connectivity index (χ4v) is 5.44. The van der Waals surface area contributed by atoms with Gasteiger partial charge in [-0.25, -0.2) is 4.98 Å². The molecule has 8 heteroatoms. The minimum absolute atomic E-state index is 0.203. The molecule has 0 radical (unpaired) electrons. The Bertz CT molecular complexity index is 977. The summed E-state index contributed by atoms with van der Waals surface area (Å²) in [6.07, 6.45) is 8.16. The molecule has 1 N–H and O–H groups in total. The topological polar surface area (TPSA) is 79.2 Å². The third kappa shape index (κ3) is 2.69. The van der Waals surface area contributed by atoms with E-state index in [-0.39, 0.29) is 11.8 Å². The molecule has 2 saturated carbocycles. The molecule has 2 fully saturated rings. The van der Waals surface area contributed by atoms with Crippen LogP contribution in [-0.2, 0) is 4.79 Å². The van der Waals surface area contributed by atoms with Gasteiger partial charge in [0.15, 0.2) is 11.3 Å². The maximum absolute atomic E-state index is 12.2. The van der Waals surface area contributed by atoms with Crippen LogP contribution in [0.25, 0.3) is 16.8 Å². The summed E-state index contributed by atoms with van der Waals surface area (Å²) in [5.74, 6) is 2.19. The van der Waals surface area contributed by atoms with Gasteiger partial charge < -0.3 is 9.88 Å². The van der Waals surface area contributed by atoms with Crippen LogP contribution >= 0.6 is 22.6 Å². The van der Waals surface area contributed by atoms with Gasteiger partial charge in [-0.2, -0.15) is 0 Å². The number of carbonyl (C=O) groups excluding carboxylic acids is 1. The average molecular weight is 464 g/mol. The highest BCUT2D eigenvalue weighted by Gasteiger charge is 2.41. The second-order valence-corrected chi connectivity index (χ2v) is 9.18. The first-order chi connectivity index (χ1) is 12.6. The van der Waals surface area contributed by atoms with E-state index in [0.29, 0.717) is 15.9 Å². The summed E-state index contributed by atoms with van der Waals surface area (Å²) in [7, 11) is 0. The van der Waals surface area contributed by atoms with Crippen LogP contribution in [0.5, 0.6) is 0 Å². The minimum atomic E-state index is 0.203. The molecule has 2 aliphatic rings. The second kappa shape index (κ2) is 6.17. The zero-order valence-electron chi connectivity index (χ0n) is 14.6. The molecule has 0 aromatic carbocycles. The molecule has 0 spiro atoms. The Labute approximate surface area is 164 Å². The standard InChI is InChI=1S/C18H21IN6O/c1-10(26)24(9-11-2-3-11)12-6-13(14(19)7-12)18-23-22-16-8-21-17-15(25(16)18)4-5-20-17/h4-5,8,11-14,20H,2-3,6-7,9H2,1H3/t12-,13?,14-/m1/s1. The highest BCUT2D eigenvalue weighted by molar-refractivity contribution is 14.1. The average Bonchev–Trinajstić information content (AvgIpc) is 3.00. The molecule has 2 aliphatic carbocycles. The van der Waals surface area contributed by atoms with Gasteiger partial charge in [0.25, 0.3) is 0 Å². The van der Waals surface area contributed by atoms with E-state index in [1.54, 1.807) is 13.1 Å². The number of nitrogens with one attached hydrogen (secondary N) is 1. The Morgan fingerprint density at radius 1 is 1.38 bits per heavy atom. The van der Waals surface area contributed by atoms with Crippen molar-refractivity contribution in [3.63, 3.8) is 0 Å². The van der Waals surface area contributed by atoms with E-state index in [2.05, 4.69) is 52.1 Å². The molecule has 0 aliphatic heterocycles. The van der Waals surface area contributed by atoms with Gasteiger partial charge in [-0.15, -0.1) is 10.2 Å². The summed E-state index contributed by atoms with van der Waals surface area (Å²) in [4.78, 5) is 21.9. The number of nitrogens with zero attached hydrogens (tertiary/aromatic N) is 5. The van der Waals surface area contributed by atoms with Gasteiger partial charge in [0.05, 0.1) is 11.7 Å². The van der Waals surface area contributed by atoms with Gasteiger partial charge in [0, 0.05) is 35.5 Å². The molecule has 5 rings (SSSR count). The van der Waals surface area contributed by atoms with Crippen molar-refractivity contribution in [1.82, 2.24) is 29.5 Å². The number of carbonyl (C=O) groups is 1. The summed E-state index contributed by atoms with van der Waals surface area (Å²) in [5, 5.41) is 8.86. The maximum Gasteiger partial charge on any atom is 0.219 e. The van der Waals surface area contributed by atoms with Gasteiger partial charge in [0.2, 0.25) is 5.91 Å². The Hall–Kier alpha value is -1.71. The Balaban J connectivity index is 1.49. The third-order valence-corrected chi connectivity index (χ3v) is 7.13. The number of alkyl halides is 1. The number of aromatic nitrogens is 5. The van der Waals surface area contributed by atoms with E-state index in [1.165, 1.54) is 12.8 Å². The molecule has 0 bridgehead atoms. The van der Waals surface area contributed by atoms with Gasteiger partial charge >= 0.3 is 0 Å². The van der Waals surface area contributed by atoms with Gasteiger partial charge in [-0.1, -0.05) is 22.6 Å². The fourth-order valence-electron chi connectivity index (χ4n) is 4.23. The molecule has 3 atom stereocenters. The van der Waals surface area contributed by atoms with E-state index in [9.17, 15) is 4.79 Å². The minimum Gasteiger partial charge on any atom is -0.345 e. The van der Waals surface area contributed by atoms with Crippen molar-refractivity contribution in [1.29, 1.82) is 0 Å². The van der Waals surface area contributed by atoms with E-state index in [4.69, 9.17) is 0 Å². The van der Waals surface area contributed by atoms with Crippen LogP contribution < -0.4 is 0 Å². The summed E-state index contributed by atoms with van der Waals surface area (Å²) < 4.78 is 2.56. The number of aromatic amines is 1. The van der Waals surface area contributed by atoms with Crippen molar-refractivity contribution in [2.75, 3.05) is 6.54 Å². The highest BCUT2D eigenvalue weighted by Crippen LogP contribution is 2.42. The van der Waals surface area contributed by atoms with Crippen LogP contribution in [0.4, 0.5) is 0 Å². The third-order valence-electron chi connectivity index (χ3n) is 5.76. The largest absolute Gasteiger partial charge is 0.345 e. The highest BCUT2D eigenvalue weighted by atomic mass is 127. The van der Waals surface area contributed by atoms with Crippen LogP contribution in [0.15, 0.2) is 18.5 Å². The monoisotopic (exact) mass is 464 g/mol. The lowest BCUT2D eigenvalue weighted by atomic mass is 10.1. The molecular weight excluding hydrogens is 443 g/mol. The zero-order chi connectivity index (χ0) is 17.8. The SMILES string of the molecule is CC(=O)N(CC1CC1)[C@@H]1CC(c2nnc3cnc4[nH]ccc4n23)[C@H](I)C1. The maximum atomic E-state index is 12.2. The first-order valence-electron chi connectivity index (χ1n) is 9.20. The van der Waals surface area contributed by atoms with E-state index >= 15 is 0 Å². The fraction of sp³-hybridized carbons (Fsp3) is 0.556. The summed E-state index contributed by atoms with van der Waals surface area (Å²) in [5.41, 5.74) is 2.63. The number of fused-ring (bicyclic) bond motifs is 3. The summed E-state index contributed by atoms with van der Waals surface area (Å²) >= 11 is 2.53. The van der Waals surface area contributed by atoms with E-state index < -0.39 is 0 Å². The van der Waals surface area contributed by atoms with Gasteiger partial charge in [-0.05, 0) is 37.7 Å². The quantitative estimate of drug-likeness (QED) is 0.476. The first-order valence-corrected chi connectivity index (χ1v) is 10.4. The molecule has 1 amide bonds. The van der Waals surface area contributed by atoms with E-state index in [0.717, 1.165) is 42.0 Å². The number of hydrogen-bond acceptors (Lipinski definition) is 4. The normalized spacial score (nSPS) is 26.0. The van der Waals surface area contributed by atoms with Crippen LogP contribution in [0, 0.1) is 5.92 Å². The van der Waals surface area contributed by atoms with Crippen molar-refractivity contribution in [2.24, 2.45) is 5.92 Å². The van der Waals surface area contributed by atoms with Crippen molar-refractivity contribution >= 4 is 45.3 Å². The number of halogens is 1. The molecule has 136 valence electrons. The summed E-state index contributed by atoms with van der Waals surface area (Å²) in [6, 6.07) is 2.32. The van der Waals surface area contributed by atoms with E-state index in [1.807, 2.05) is 12.3 Å². The molecule has 3 aromatic rings. The number of amides is 1. The van der Waals surface area contributed by atoms with Crippen molar-refractivity contribution in [3.05, 3.63) is 24.3 Å². The van der Waals surface area contributed by atoms with Crippen LogP contribution in [0.1, 0.15) is 44.3 Å². The molecular formula is C18H21IN6O. The van der Waals surface area contributed by atoms with Crippen LogP contribution in [-0.4, -0.2) is 51.9 Å². The van der Waals surface area contributed by atoms with Crippen molar-refractivity contribution in [3.8, 4) is 0 Å². The van der Waals surface area contributed by atoms with Gasteiger partial charge in [0.1, 0.15) is 5.82 Å². The molecule has 3 heterocycles. The van der Waals surface area contributed by atoms with Gasteiger partial charge in [-0.3, -0.25) is 9.20 Å². The smallest absolute Gasteiger partial charge is 0.219 e. The summed E-state index contributed by atoms with van der Waals surface area (Å²) in [6.45, 7) is 2.63. The first kappa shape index (κ1) is 16.5. The molecule has 0 saturated heterocycles. The number of hydrogen-bond donors (Lipinski definition) is 1. The molecule has 1 unspecified atom stereocenters. The molecule has 26 heavy (non-hydrogen) atoms. The number of H-pyrrole nitrogens is 1. The Morgan fingerprint density at radius 3 is 3.00 bits per heavy atom. The lowest BCUT2D eigenvalue weighted by Crippen LogP contribution is -2.39. The van der Waals surface area contributed by atoms with Crippen LogP contribution in [0.3, 0.4) is 0 Å². The Morgan fingerprint density at radius 2 is 2.23 bits per heavy atom. The lowest BCUT2D eigenvalue weighted by molar-refractivity contribution is -0.131. The lowest BCUT2D eigenvalue weighted by Gasteiger charge is -2.28. The predicted octanol–water partition coefficient (Wildman–Crippen LogP) is 2.91. The molecule has 3 aromatic heterocycles. The second-order valence-electron chi connectivity index (χ2n) is 7.58. The molecule has 7 nitrogen and oxygen atoms in total. The number of rotatable bonds is 4. The van der Waals surface area contributed by atoms with Crippen molar-refractivity contribution < 1.29 is 4.79 Å². The van der Waals surface area contributed by atoms with Crippen LogP contribution in [0.2, 0.25) is 0 Å². The zero-order valence-corrected chi connectivity index (χ0v) is 16.8.